The number of aliphatic hydroxyl groups is 1. The van der Waals surface area contributed by atoms with E-state index in [0.29, 0.717) is 6.54 Å². The molecule has 0 spiro atoms. The largest absolute Gasteiger partial charge is 0.478 e. The highest BCUT2D eigenvalue weighted by Crippen LogP contribution is 2.19. The van der Waals surface area contributed by atoms with E-state index in [9.17, 15) is 14.7 Å². The van der Waals surface area contributed by atoms with E-state index < -0.39 is 12.1 Å². The van der Waals surface area contributed by atoms with Crippen LogP contribution in [0.4, 0.5) is 0 Å². The topological polar surface area (TPSA) is 91.0 Å². The smallest absolute Gasteiger partial charge is 0.338 e. The zero-order valence-corrected chi connectivity index (χ0v) is 10.00. The zero-order valence-electron chi connectivity index (χ0n) is 10.00. The maximum absolute atomic E-state index is 12.0. The summed E-state index contributed by atoms with van der Waals surface area (Å²) in [5.74, 6) is -1.35. The number of carboxylic acid groups (broad SMARTS) is 1. The number of hydrogen-bond donors (Lipinski definition) is 2. The second-order valence-electron chi connectivity index (χ2n) is 4.59. The summed E-state index contributed by atoms with van der Waals surface area (Å²) in [4.78, 5) is 24.2. The van der Waals surface area contributed by atoms with E-state index in [2.05, 4.69) is 0 Å². The molecule has 0 saturated carbocycles. The summed E-state index contributed by atoms with van der Waals surface area (Å²) in [6, 6.07) is 1.20. The number of aliphatic hydroxyl groups excluding tert-OH is 1. The van der Waals surface area contributed by atoms with Crippen LogP contribution >= 0.6 is 0 Å². The minimum absolute atomic E-state index is 0.00541. The fraction of sp³-hybridized carbons (Fsp3) is 0.500. The number of carbonyl (C=O) groups is 2. The summed E-state index contributed by atoms with van der Waals surface area (Å²) in [6.45, 7) is 2.73. The number of rotatable bonds is 2. The lowest BCUT2D eigenvalue weighted by Gasteiger charge is -2.33. The van der Waals surface area contributed by atoms with Gasteiger partial charge < -0.3 is 19.5 Å². The molecule has 2 heterocycles. The first-order valence-corrected chi connectivity index (χ1v) is 5.78. The molecule has 6 nitrogen and oxygen atoms in total. The maximum Gasteiger partial charge on any atom is 0.338 e. The summed E-state index contributed by atoms with van der Waals surface area (Å²) in [7, 11) is 0. The third-order valence-corrected chi connectivity index (χ3v) is 3.26. The van der Waals surface area contributed by atoms with Crippen LogP contribution in [0, 0.1) is 5.92 Å². The highest BCUT2D eigenvalue weighted by molar-refractivity contribution is 5.95. The van der Waals surface area contributed by atoms with E-state index in [-0.39, 0.29) is 29.7 Å². The number of amides is 1. The van der Waals surface area contributed by atoms with Gasteiger partial charge in [-0.3, -0.25) is 4.79 Å². The van der Waals surface area contributed by atoms with Gasteiger partial charge in [-0.05, 0) is 12.3 Å². The second-order valence-corrected chi connectivity index (χ2v) is 4.59. The summed E-state index contributed by atoms with van der Waals surface area (Å²) < 4.78 is 4.95. The Morgan fingerprint density at radius 2 is 2.22 bits per heavy atom. The van der Waals surface area contributed by atoms with Crippen molar-refractivity contribution >= 4 is 11.9 Å². The fourth-order valence-electron chi connectivity index (χ4n) is 1.95. The summed E-state index contributed by atoms with van der Waals surface area (Å²) in [6.07, 6.45) is 1.22. The molecule has 0 aliphatic carbocycles. The highest BCUT2D eigenvalue weighted by Gasteiger charge is 2.29. The number of likely N-dealkylation sites (tertiary alicyclic amines) is 1. The molecule has 1 aromatic heterocycles. The molecule has 1 aliphatic rings. The van der Waals surface area contributed by atoms with Gasteiger partial charge in [0.05, 0.1) is 11.7 Å². The first-order valence-electron chi connectivity index (χ1n) is 5.78. The van der Waals surface area contributed by atoms with E-state index in [1.165, 1.54) is 11.0 Å². The molecule has 1 saturated heterocycles. The van der Waals surface area contributed by atoms with Crippen LogP contribution in [-0.4, -0.2) is 46.2 Å². The van der Waals surface area contributed by atoms with Crippen LogP contribution in [0.3, 0.4) is 0 Å². The average Bonchev–Trinajstić information content (AvgIpc) is 2.81. The van der Waals surface area contributed by atoms with Gasteiger partial charge in [0.25, 0.3) is 5.91 Å². The normalized spacial score (nSPS) is 24.0. The second kappa shape index (κ2) is 4.81. The number of aromatic carboxylic acids is 1. The molecular weight excluding hydrogens is 238 g/mol. The van der Waals surface area contributed by atoms with E-state index in [1.807, 2.05) is 6.92 Å². The minimum atomic E-state index is -1.13. The third-order valence-electron chi connectivity index (χ3n) is 3.26. The Morgan fingerprint density at radius 3 is 2.78 bits per heavy atom. The highest BCUT2D eigenvalue weighted by atomic mass is 16.4. The number of carboxylic acids is 1. The van der Waals surface area contributed by atoms with Crippen molar-refractivity contribution < 1.29 is 24.2 Å². The molecule has 0 aromatic carbocycles. The molecule has 1 aromatic rings. The lowest BCUT2D eigenvalue weighted by atomic mass is 9.96. The molecule has 18 heavy (non-hydrogen) atoms. The molecule has 1 aliphatic heterocycles. The van der Waals surface area contributed by atoms with Gasteiger partial charge in [-0.2, -0.15) is 0 Å². The van der Waals surface area contributed by atoms with Crippen molar-refractivity contribution in [2.75, 3.05) is 13.1 Å². The Bertz CT molecular complexity index is 467. The van der Waals surface area contributed by atoms with Crippen molar-refractivity contribution in [2.24, 2.45) is 5.92 Å². The molecule has 6 heteroatoms. The van der Waals surface area contributed by atoms with E-state index in [0.717, 1.165) is 12.7 Å². The van der Waals surface area contributed by atoms with Gasteiger partial charge in [0.15, 0.2) is 5.76 Å². The molecule has 1 fully saturated rings. The summed E-state index contributed by atoms with van der Waals surface area (Å²) in [5, 5.41) is 18.5. The maximum atomic E-state index is 12.0. The van der Waals surface area contributed by atoms with Crippen molar-refractivity contribution in [3.8, 4) is 0 Å². The van der Waals surface area contributed by atoms with E-state index in [1.54, 1.807) is 0 Å². The molecular formula is C12H15NO5. The van der Waals surface area contributed by atoms with Gasteiger partial charge in [-0.1, -0.05) is 6.92 Å². The number of furan rings is 1. The van der Waals surface area contributed by atoms with Gasteiger partial charge in [0.2, 0.25) is 0 Å². The SMILES string of the molecule is CC1CCN(C(=O)c2cc(C(=O)O)co2)CC1O. The molecule has 98 valence electrons. The molecule has 2 atom stereocenters. The lowest BCUT2D eigenvalue weighted by molar-refractivity contribution is 0.0231. The van der Waals surface area contributed by atoms with Gasteiger partial charge in [0.1, 0.15) is 6.26 Å². The molecule has 2 N–H and O–H groups in total. The van der Waals surface area contributed by atoms with Crippen LogP contribution in [0.5, 0.6) is 0 Å². The Balaban J connectivity index is 2.09. The Labute approximate surface area is 104 Å². The van der Waals surface area contributed by atoms with Gasteiger partial charge >= 0.3 is 5.97 Å². The zero-order chi connectivity index (χ0) is 13.3. The fourth-order valence-corrected chi connectivity index (χ4v) is 1.95. The van der Waals surface area contributed by atoms with Crippen LogP contribution < -0.4 is 0 Å². The number of nitrogens with zero attached hydrogens (tertiary/aromatic N) is 1. The average molecular weight is 253 g/mol. The van der Waals surface area contributed by atoms with Crippen LogP contribution in [0.1, 0.15) is 34.3 Å². The number of β-amino-alcohol motifs (C(OH)–C–C–N with tert-alkyl or cyclic N) is 1. The van der Waals surface area contributed by atoms with Crippen LogP contribution in [0.25, 0.3) is 0 Å². The molecule has 0 bridgehead atoms. The van der Waals surface area contributed by atoms with Crippen molar-refractivity contribution in [3.05, 3.63) is 23.7 Å². The summed E-state index contributed by atoms with van der Waals surface area (Å²) >= 11 is 0. The molecule has 1 amide bonds. The number of piperidine rings is 1. The quantitative estimate of drug-likeness (QED) is 0.814. The van der Waals surface area contributed by atoms with Gasteiger partial charge in [-0.25, -0.2) is 4.79 Å². The monoisotopic (exact) mass is 253 g/mol. The van der Waals surface area contributed by atoms with E-state index >= 15 is 0 Å². The van der Waals surface area contributed by atoms with Crippen molar-refractivity contribution in [1.29, 1.82) is 0 Å². The predicted octanol–water partition coefficient (Wildman–Crippen LogP) is 0.821. The molecule has 0 radical (unpaired) electrons. The standard InChI is InChI=1S/C12H15NO5/c1-7-2-3-13(5-9(7)14)11(15)10-4-8(6-18-10)12(16)17/h4,6-7,9,14H,2-3,5H2,1H3,(H,16,17). The van der Waals surface area contributed by atoms with Crippen molar-refractivity contribution in [3.63, 3.8) is 0 Å². The summed E-state index contributed by atoms with van der Waals surface area (Å²) in [5.41, 5.74) is -0.0516. The Hall–Kier alpha value is -1.82. The minimum Gasteiger partial charge on any atom is -0.478 e. The van der Waals surface area contributed by atoms with Gasteiger partial charge in [-0.15, -0.1) is 0 Å². The van der Waals surface area contributed by atoms with Crippen LogP contribution in [-0.2, 0) is 0 Å². The van der Waals surface area contributed by atoms with Gasteiger partial charge in [0, 0.05) is 19.2 Å². The van der Waals surface area contributed by atoms with Crippen molar-refractivity contribution in [1.82, 2.24) is 4.90 Å². The van der Waals surface area contributed by atoms with Crippen LogP contribution in [0.15, 0.2) is 16.7 Å². The predicted molar refractivity (Wildman–Crippen MR) is 61.4 cm³/mol. The first kappa shape index (κ1) is 12.6. The van der Waals surface area contributed by atoms with E-state index in [4.69, 9.17) is 9.52 Å². The number of hydrogen-bond acceptors (Lipinski definition) is 4. The van der Waals surface area contributed by atoms with Crippen LogP contribution in [0.2, 0.25) is 0 Å². The lowest BCUT2D eigenvalue weighted by Crippen LogP contribution is -2.45. The molecule has 2 unspecified atom stereocenters. The number of carbonyl (C=O) groups excluding carboxylic acids is 1. The Morgan fingerprint density at radius 1 is 1.50 bits per heavy atom. The van der Waals surface area contributed by atoms with Crippen molar-refractivity contribution in [2.45, 2.75) is 19.4 Å². The third kappa shape index (κ3) is 2.38. The Kier molecular flexibility index (Phi) is 3.38. The first-order chi connectivity index (χ1) is 8.49. The molecule has 2 rings (SSSR count).